The Hall–Kier alpha value is -0.900. The minimum atomic E-state index is -0.189. The SMILES string of the molecule is CCC(C)(OC)C(CCCc1ccccc1)NN. The summed E-state index contributed by atoms with van der Waals surface area (Å²) in [5, 5.41) is 0. The van der Waals surface area contributed by atoms with Gasteiger partial charge in [0.05, 0.1) is 5.60 Å². The molecule has 0 aliphatic heterocycles. The summed E-state index contributed by atoms with van der Waals surface area (Å²) >= 11 is 0. The number of hydrazine groups is 1. The zero-order valence-electron chi connectivity index (χ0n) is 11.8. The fourth-order valence-electron chi connectivity index (χ4n) is 2.25. The van der Waals surface area contributed by atoms with Gasteiger partial charge in [-0.25, -0.2) is 0 Å². The largest absolute Gasteiger partial charge is 0.377 e. The first-order valence-corrected chi connectivity index (χ1v) is 6.71. The average molecular weight is 250 g/mol. The first kappa shape index (κ1) is 15.2. The van der Waals surface area contributed by atoms with Gasteiger partial charge in [-0.15, -0.1) is 0 Å². The Bertz CT molecular complexity index is 323. The second-order valence-electron chi connectivity index (χ2n) is 4.97. The number of hydrogen-bond acceptors (Lipinski definition) is 3. The van der Waals surface area contributed by atoms with Gasteiger partial charge >= 0.3 is 0 Å². The van der Waals surface area contributed by atoms with E-state index in [0.29, 0.717) is 0 Å². The van der Waals surface area contributed by atoms with Gasteiger partial charge in [0.15, 0.2) is 0 Å². The number of rotatable bonds is 8. The molecule has 1 rings (SSSR count). The monoisotopic (exact) mass is 250 g/mol. The predicted molar refractivity (Wildman–Crippen MR) is 76.2 cm³/mol. The van der Waals surface area contributed by atoms with Crippen LogP contribution in [0.4, 0.5) is 0 Å². The Labute approximate surface area is 111 Å². The van der Waals surface area contributed by atoms with Crippen molar-refractivity contribution in [1.29, 1.82) is 0 Å². The fourth-order valence-corrected chi connectivity index (χ4v) is 2.25. The molecule has 0 bridgehead atoms. The maximum atomic E-state index is 5.66. The quantitative estimate of drug-likeness (QED) is 0.551. The summed E-state index contributed by atoms with van der Waals surface area (Å²) in [6.07, 6.45) is 4.16. The molecule has 1 aromatic rings. The molecule has 0 amide bonds. The van der Waals surface area contributed by atoms with Crippen LogP contribution in [0.25, 0.3) is 0 Å². The highest BCUT2D eigenvalue weighted by Crippen LogP contribution is 2.22. The zero-order chi connectivity index (χ0) is 13.4. The van der Waals surface area contributed by atoms with E-state index in [1.54, 1.807) is 7.11 Å². The van der Waals surface area contributed by atoms with Crippen LogP contribution in [0.1, 0.15) is 38.7 Å². The van der Waals surface area contributed by atoms with Crippen LogP contribution >= 0.6 is 0 Å². The van der Waals surface area contributed by atoms with Crippen molar-refractivity contribution in [2.45, 2.75) is 51.2 Å². The van der Waals surface area contributed by atoms with Gasteiger partial charge in [-0.3, -0.25) is 11.3 Å². The lowest BCUT2D eigenvalue weighted by Crippen LogP contribution is -2.52. The van der Waals surface area contributed by atoms with E-state index in [4.69, 9.17) is 10.6 Å². The average Bonchev–Trinajstić information content (AvgIpc) is 2.44. The molecule has 0 aliphatic rings. The molecular formula is C15H26N2O. The van der Waals surface area contributed by atoms with E-state index in [0.717, 1.165) is 25.7 Å². The first-order valence-electron chi connectivity index (χ1n) is 6.71. The summed E-state index contributed by atoms with van der Waals surface area (Å²) in [6.45, 7) is 4.24. The Morgan fingerprint density at radius 3 is 2.50 bits per heavy atom. The third kappa shape index (κ3) is 4.09. The van der Waals surface area contributed by atoms with Crippen LogP contribution in [0.15, 0.2) is 30.3 Å². The fraction of sp³-hybridized carbons (Fsp3) is 0.600. The summed E-state index contributed by atoms with van der Waals surface area (Å²) in [5.41, 5.74) is 4.10. The number of benzene rings is 1. The Morgan fingerprint density at radius 2 is 2.00 bits per heavy atom. The van der Waals surface area contributed by atoms with Gasteiger partial charge in [-0.05, 0) is 38.2 Å². The van der Waals surface area contributed by atoms with Gasteiger partial charge in [-0.2, -0.15) is 0 Å². The van der Waals surface area contributed by atoms with Crippen LogP contribution in [0.5, 0.6) is 0 Å². The smallest absolute Gasteiger partial charge is 0.0813 e. The normalized spacial score (nSPS) is 16.2. The highest BCUT2D eigenvalue weighted by molar-refractivity contribution is 5.14. The van der Waals surface area contributed by atoms with E-state index >= 15 is 0 Å². The Morgan fingerprint density at radius 1 is 1.33 bits per heavy atom. The molecule has 0 heterocycles. The van der Waals surface area contributed by atoms with E-state index in [9.17, 15) is 0 Å². The highest BCUT2D eigenvalue weighted by Gasteiger charge is 2.31. The van der Waals surface area contributed by atoms with Crippen molar-refractivity contribution in [3.63, 3.8) is 0 Å². The molecule has 0 fully saturated rings. The third-order valence-electron chi connectivity index (χ3n) is 3.91. The molecule has 3 N–H and O–H groups in total. The molecule has 2 atom stereocenters. The standard InChI is InChI=1S/C15H26N2O/c1-4-15(2,18-3)14(17-16)12-8-11-13-9-6-5-7-10-13/h5-7,9-10,14,17H,4,8,11-12,16H2,1-3H3. The van der Waals surface area contributed by atoms with Crippen molar-refractivity contribution in [2.24, 2.45) is 5.84 Å². The van der Waals surface area contributed by atoms with Gasteiger partial charge in [0, 0.05) is 13.2 Å². The molecule has 0 saturated heterocycles. The number of nitrogens with two attached hydrogens (primary N) is 1. The van der Waals surface area contributed by atoms with Crippen LogP contribution in [0.2, 0.25) is 0 Å². The van der Waals surface area contributed by atoms with Crippen molar-refractivity contribution in [3.05, 3.63) is 35.9 Å². The Kier molecular flexibility index (Phi) is 6.33. The van der Waals surface area contributed by atoms with Crippen molar-refractivity contribution < 1.29 is 4.74 Å². The van der Waals surface area contributed by atoms with E-state index in [2.05, 4.69) is 43.5 Å². The summed E-state index contributed by atoms with van der Waals surface area (Å²) < 4.78 is 5.60. The molecule has 0 radical (unpaired) electrons. The molecule has 18 heavy (non-hydrogen) atoms. The molecule has 102 valence electrons. The van der Waals surface area contributed by atoms with Gasteiger partial charge in [0.2, 0.25) is 0 Å². The van der Waals surface area contributed by atoms with Gasteiger partial charge < -0.3 is 4.74 Å². The number of aryl methyl sites for hydroxylation is 1. The molecule has 0 spiro atoms. The lowest BCUT2D eigenvalue weighted by Gasteiger charge is -2.35. The molecule has 2 unspecified atom stereocenters. The van der Waals surface area contributed by atoms with Crippen molar-refractivity contribution in [2.75, 3.05) is 7.11 Å². The summed E-state index contributed by atoms with van der Waals surface area (Å²) in [4.78, 5) is 0. The first-order chi connectivity index (χ1) is 8.66. The van der Waals surface area contributed by atoms with Crippen molar-refractivity contribution in [3.8, 4) is 0 Å². The molecule has 1 aromatic carbocycles. The molecule has 3 nitrogen and oxygen atoms in total. The van der Waals surface area contributed by atoms with E-state index in [1.165, 1.54) is 5.56 Å². The van der Waals surface area contributed by atoms with Crippen LogP contribution in [-0.2, 0) is 11.2 Å². The highest BCUT2D eigenvalue weighted by atomic mass is 16.5. The number of hydrogen-bond donors (Lipinski definition) is 2. The minimum absolute atomic E-state index is 0.189. The molecule has 0 aliphatic carbocycles. The van der Waals surface area contributed by atoms with E-state index < -0.39 is 0 Å². The van der Waals surface area contributed by atoms with Crippen molar-refractivity contribution >= 4 is 0 Å². The van der Waals surface area contributed by atoms with Crippen LogP contribution < -0.4 is 11.3 Å². The predicted octanol–water partition coefficient (Wildman–Crippen LogP) is 2.66. The number of nitrogens with one attached hydrogen (secondary N) is 1. The zero-order valence-corrected chi connectivity index (χ0v) is 11.8. The molecule has 0 saturated carbocycles. The topological polar surface area (TPSA) is 47.3 Å². The maximum absolute atomic E-state index is 5.66. The van der Waals surface area contributed by atoms with Gasteiger partial charge in [0.25, 0.3) is 0 Å². The summed E-state index contributed by atoms with van der Waals surface area (Å²) in [7, 11) is 1.75. The van der Waals surface area contributed by atoms with Crippen LogP contribution in [-0.4, -0.2) is 18.8 Å². The Balaban J connectivity index is 2.45. The van der Waals surface area contributed by atoms with Gasteiger partial charge in [0.1, 0.15) is 0 Å². The lowest BCUT2D eigenvalue weighted by atomic mass is 9.89. The second kappa shape index (κ2) is 7.52. The van der Waals surface area contributed by atoms with Crippen molar-refractivity contribution in [1.82, 2.24) is 5.43 Å². The maximum Gasteiger partial charge on any atom is 0.0813 e. The molecule has 0 aromatic heterocycles. The summed E-state index contributed by atoms with van der Waals surface area (Å²) in [6, 6.07) is 10.7. The second-order valence-corrected chi connectivity index (χ2v) is 4.97. The van der Waals surface area contributed by atoms with Crippen LogP contribution in [0.3, 0.4) is 0 Å². The third-order valence-corrected chi connectivity index (χ3v) is 3.91. The number of ether oxygens (including phenoxy) is 1. The van der Waals surface area contributed by atoms with Crippen LogP contribution in [0, 0.1) is 0 Å². The summed E-state index contributed by atoms with van der Waals surface area (Å²) in [5.74, 6) is 5.66. The molecular weight excluding hydrogens is 224 g/mol. The van der Waals surface area contributed by atoms with E-state index in [1.807, 2.05) is 6.07 Å². The minimum Gasteiger partial charge on any atom is -0.377 e. The lowest BCUT2D eigenvalue weighted by molar-refractivity contribution is -0.0315. The van der Waals surface area contributed by atoms with E-state index in [-0.39, 0.29) is 11.6 Å². The molecule has 3 heteroatoms. The number of methoxy groups -OCH3 is 1. The van der Waals surface area contributed by atoms with Gasteiger partial charge in [-0.1, -0.05) is 37.3 Å².